The van der Waals surface area contributed by atoms with Crippen LogP contribution in [0.25, 0.3) is 0 Å². The van der Waals surface area contributed by atoms with E-state index in [1.54, 1.807) is 4.90 Å². The van der Waals surface area contributed by atoms with E-state index in [2.05, 4.69) is 10.3 Å². The number of morpholine rings is 1. The van der Waals surface area contributed by atoms with Crippen molar-refractivity contribution < 1.29 is 19.6 Å². The van der Waals surface area contributed by atoms with E-state index in [9.17, 15) is 14.9 Å². The Morgan fingerprint density at radius 2 is 2.45 bits per heavy atom. The van der Waals surface area contributed by atoms with Crippen molar-refractivity contribution in [3.63, 3.8) is 0 Å². The number of pyridine rings is 1. The molecule has 4 N–H and O–H groups in total. The Kier molecular flexibility index (Phi) is 4.83. The van der Waals surface area contributed by atoms with Gasteiger partial charge in [-0.2, -0.15) is 0 Å². The Labute approximate surface area is 130 Å². The second-order valence-electron chi connectivity index (χ2n) is 4.57. The minimum absolute atomic E-state index is 0.0673. The molecule has 0 saturated carbocycles. The maximum atomic E-state index is 11.2. The zero-order chi connectivity index (χ0) is 16.3. The Bertz CT molecular complexity index is 598. The number of amides is 1. The van der Waals surface area contributed by atoms with E-state index >= 15 is 0 Å². The summed E-state index contributed by atoms with van der Waals surface area (Å²) in [5.41, 5.74) is 5.38. The molecule has 1 aromatic rings. The lowest BCUT2D eigenvalue weighted by Gasteiger charge is -2.34. The van der Waals surface area contributed by atoms with Gasteiger partial charge in [0.05, 0.1) is 28.9 Å². The van der Waals surface area contributed by atoms with Gasteiger partial charge in [-0.15, -0.1) is 0 Å². The molecule has 0 aliphatic carbocycles. The number of rotatable bonds is 4. The highest BCUT2D eigenvalue weighted by molar-refractivity contribution is 6.33. The number of nitrogens with zero attached hydrogens (tertiary/aromatic N) is 3. The van der Waals surface area contributed by atoms with E-state index in [1.807, 2.05) is 0 Å². The molecule has 11 heteroatoms. The summed E-state index contributed by atoms with van der Waals surface area (Å²) in [5, 5.41) is 22.1. The molecule has 0 radical (unpaired) electrons. The van der Waals surface area contributed by atoms with Crippen LogP contribution in [0.3, 0.4) is 0 Å². The fraction of sp³-hybridized carbons (Fsp3) is 0.455. The molecule has 1 amide bonds. The van der Waals surface area contributed by atoms with Gasteiger partial charge in [-0.3, -0.25) is 10.1 Å². The summed E-state index contributed by atoms with van der Waals surface area (Å²) in [6.07, 6.45) is -0.369. The fourth-order valence-corrected chi connectivity index (χ4v) is 2.47. The van der Waals surface area contributed by atoms with Gasteiger partial charge >= 0.3 is 11.8 Å². The summed E-state index contributed by atoms with van der Waals surface area (Å²) < 4.78 is 5.42. The van der Waals surface area contributed by atoms with Crippen molar-refractivity contribution in [2.45, 2.75) is 6.10 Å². The van der Waals surface area contributed by atoms with Crippen LogP contribution in [0.4, 0.5) is 22.0 Å². The van der Waals surface area contributed by atoms with Crippen molar-refractivity contribution in [3.05, 3.63) is 21.3 Å². The molecular formula is C11H14ClN5O5. The predicted octanol–water partition coefficient (Wildman–Crippen LogP) is 0.698. The Balaban J connectivity index is 2.25. The summed E-state index contributed by atoms with van der Waals surface area (Å²) in [6.45, 7) is 0.956. The molecule has 10 nitrogen and oxygen atoms in total. The van der Waals surface area contributed by atoms with E-state index < -0.39 is 17.1 Å². The van der Waals surface area contributed by atoms with Gasteiger partial charge in [0.15, 0.2) is 0 Å². The molecule has 0 spiro atoms. The standard InChI is InChI=1S/C11H14ClN5O5/c12-7-4-14-10(13)9(17(20)21)8(7)16-1-2-22-6(5-16)3-15-11(18)19/h4,6,15H,1-3,5H2,(H2,13,14)(H,18,19). The van der Waals surface area contributed by atoms with Crippen molar-refractivity contribution in [1.29, 1.82) is 0 Å². The predicted molar refractivity (Wildman–Crippen MR) is 78.3 cm³/mol. The lowest BCUT2D eigenvalue weighted by atomic mass is 10.2. The Morgan fingerprint density at radius 1 is 1.73 bits per heavy atom. The van der Waals surface area contributed by atoms with Gasteiger partial charge in [-0.25, -0.2) is 9.78 Å². The number of nitrogen functional groups attached to an aromatic ring is 1. The highest BCUT2D eigenvalue weighted by atomic mass is 35.5. The first-order valence-electron chi connectivity index (χ1n) is 6.32. The summed E-state index contributed by atoms with van der Waals surface area (Å²) in [4.78, 5) is 26.4. The second-order valence-corrected chi connectivity index (χ2v) is 4.98. The fourth-order valence-electron chi connectivity index (χ4n) is 2.21. The van der Waals surface area contributed by atoms with E-state index in [4.69, 9.17) is 27.2 Å². The lowest BCUT2D eigenvalue weighted by Crippen LogP contribution is -2.47. The maximum absolute atomic E-state index is 11.2. The molecule has 1 atom stereocenters. The number of carbonyl (C=O) groups is 1. The third-order valence-electron chi connectivity index (χ3n) is 3.13. The van der Waals surface area contributed by atoms with Gasteiger partial charge in [0.2, 0.25) is 5.82 Å². The van der Waals surface area contributed by atoms with Gasteiger partial charge < -0.3 is 25.8 Å². The van der Waals surface area contributed by atoms with Crippen LogP contribution in [-0.2, 0) is 4.74 Å². The zero-order valence-electron chi connectivity index (χ0n) is 11.4. The number of hydrogen-bond donors (Lipinski definition) is 3. The second kappa shape index (κ2) is 6.62. The molecule has 2 rings (SSSR count). The topological polar surface area (TPSA) is 144 Å². The van der Waals surface area contributed by atoms with Crippen molar-refractivity contribution in [3.8, 4) is 0 Å². The first-order chi connectivity index (χ1) is 10.4. The molecule has 1 aliphatic heterocycles. The van der Waals surface area contributed by atoms with E-state index in [-0.39, 0.29) is 41.9 Å². The molecule has 1 fully saturated rings. The number of anilines is 2. The first-order valence-corrected chi connectivity index (χ1v) is 6.69. The third-order valence-corrected chi connectivity index (χ3v) is 3.41. The summed E-state index contributed by atoms with van der Waals surface area (Å²) in [7, 11) is 0. The number of nitrogens with one attached hydrogen (secondary N) is 1. The van der Waals surface area contributed by atoms with Crippen LogP contribution >= 0.6 is 11.6 Å². The molecule has 2 heterocycles. The Hall–Kier alpha value is -2.33. The normalized spacial score (nSPS) is 18.0. The average molecular weight is 332 g/mol. The van der Waals surface area contributed by atoms with Crippen molar-refractivity contribution in [2.24, 2.45) is 0 Å². The minimum atomic E-state index is -1.17. The minimum Gasteiger partial charge on any atom is -0.465 e. The molecule has 22 heavy (non-hydrogen) atoms. The molecule has 1 saturated heterocycles. The molecular weight excluding hydrogens is 318 g/mol. The highest BCUT2D eigenvalue weighted by Gasteiger charge is 2.31. The molecule has 1 unspecified atom stereocenters. The van der Waals surface area contributed by atoms with Crippen LogP contribution < -0.4 is 16.0 Å². The van der Waals surface area contributed by atoms with Crippen LogP contribution in [0.15, 0.2) is 6.20 Å². The quantitative estimate of drug-likeness (QED) is 0.540. The number of nitro groups is 1. The number of hydrogen-bond acceptors (Lipinski definition) is 7. The largest absolute Gasteiger partial charge is 0.465 e. The van der Waals surface area contributed by atoms with Crippen LogP contribution in [-0.4, -0.2) is 53.5 Å². The number of halogens is 1. The van der Waals surface area contributed by atoms with Gasteiger partial charge in [0.25, 0.3) is 0 Å². The first kappa shape index (κ1) is 16.0. The van der Waals surface area contributed by atoms with Crippen LogP contribution in [0.1, 0.15) is 0 Å². The number of aromatic nitrogens is 1. The summed E-state index contributed by atoms with van der Waals surface area (Å²) in [6, 6.07) is 0. The molecule has 1 aromatic heterocycles. The maximum Gasteiger partial charge on any atom is 0.404 e. The summed E-state index contributed by atoms with van der Waals surface area (Å²) >= 11 is 6.04. The molecule has 120 valence electrons. The van der Waals surface area contributed by atoms with Gasteiger partial charge in [0.1, 0.15) is 5.69 Å². The van der Waals surface area contributed by atoms with E-state index in [1.165, 1.54) is 6.20 Å². The number of carboxylic acid groups (broad SMARTS) is 1. The third kappa shape index (κ3) is 3.46. The monoisotopic (exact) mass is 331 g/mol. The van der Waals surface area contributed by atoms with E-state index in [0.717, 1.165) is 0 Å². The number of ether oxygens (including phenoxy) is 1. The van der Waals surface area contributed by atoms with Crippen LogP contribution in [0.5, 0.6) is 0 Å². The highest BCUT2D eigenvalue weighted by Crippen LogP contribution is 2.39. The van der Waals surface area contributed by atoms with Crippen molar-refractivity contribution >= 4 is 34.9 Å². The number of nitrogens with two attached hydrogens (primary N) is 1. The summed E-state index contributed by atoms with van der Waals surface area (Å²) in [5.74, 6) is -0.226. The lowest BCUT2D eigenvalue weighted by molar-refractivity contribution is -0.383. The molecule has 0 aromatic carbocycles. The van der Waals surface area contributed by atoms with Crippen molar-refractivity contribution in [1.82, 2.24) is 10.3 Å². The smallest absolute Gasteiger partial charge is 0.404 e. The van der Waals surface area contributed by atoms with Gasteiger partial charge in [0, 0.05) is 19.6 Å². The zero-order valence-corrected chi connectivity index (χ0v) is 12.1. The molecule has 0 bridgehead atoms. The van der Waals surface area contributed by atoms with Crippen molar-refractivity contribution in [2.75, 3.05) is 36.9 Å². The average Bonchev–Trinajstić information content (AvgIpc) is 2.47. The van der Waals surface area contributed by atoms with Gasteiger partial charge in [-0.1, -0.05) is 11.6 Å². The Morgan fingerprint density at radius 3 is 3.09 bits per heavy atom. The SMILES string of the molecule is Nc1ncc(Cl)c(N2CCOC(CNC(=O)O)C2)c1[N+](=O)[O-]. The van der Waals surface area contributed by atoms with E-state index in [0.29, 0.717) is 6.54 Å². The van der Waals surface area contributed by atoms with Crippen LogP contribution in [0, 0.1) is 10.1 Å². The van der Waals surface area contributed by atoms with Gasteiger partial charge in [-0.05, 0) is 0 Å². The molecule has 1 aliphatic rings. The van der Waals surface area contributed by atoms with Crippen LogP contribution in [0.2, 0.25) is 5.02 Å².